The van der Waals surface area contributed by atoms with Crippen LogP contribution in [0.3, 0.4) is 0 Å². The van der Waals surface area contributed by atoms with E-state index in [1.165, 1.54) is 0 Å². The zero-order valence-electron chi connectivity index (χ0n) is 15.4. The summed E-state index contributed by atoms with van der Waals surface area (Å²) in [4.78, 5) is 15.2. The Morgan fingerprint density at radius 1 is 1.15 bits per heavy atom. The summed E-state index contributed by atoms with van der Waals surface area (Å²) in [7, 11) is 0. The zero-order chi connectivity index (χ0) is 18.6. The molecule has 0 saturated carbocycles. The van der Waals surface area contributed by atoms with Gasteiger partial charge < -0.3 is 13.9 Å². The van der Waals surface area contributed by atoms with Gasteiger partial charge in [0.05, 0.1) is 16.5 Å². The Bertz CT molecular complexity index is 981. The van der Waals surface area contributed by atoms with E-state index in [0.717, 1.165) is 43.1 Å². The highest BCUT2D eigenvalue weighted by Crippen LogP contribution is 2.32. The van der Waals surface area contributed by atoms with E-state index in [1.54, 1.807) is 12.3 Å². The molecular weight excluding hydrogens is 342 g/mol. The molecule has 0 aliphatic carbocycles. The fraction of sp³-hybridized carbons (Fsp3) is 0.318. The van der Waals surface area contributed by atoms with Gasteiger partial charge in [-0.25, -0.2) is 0 Å². The van der Waals surface area contributed by atoms with Gasteiger partial charge in [0.2, 0.25) is 5.43 Å². The van der Waals surface area contributed by atoms with Crippen LogP contribution in [-0.2, 0) is 11.3 Å². The molecule has 0 bridgehead atoms. The molecule has 0 unspecified atom stereocenters. The minimum atomic E-state index is -0.0151. The normalized spacial score (nSPS) is 14.1. The maximum Gasteiger partial charge on any atom is 0.200 e. The molecule has 0 spiro atoms. The molecule has 0 atom stereocenters. The van der Waals surface area contributed by atoms with Gasteiger partial charge in [-0.1, -0.05) is 30.3 Å². The molecule has 140 valence electrons. The smallest absolute Gasteiger partial charge is 0.200 e. The van der Waals surface area contributed by atoms with Crippen LogP contribution < -0.4 is 10.2 Å². The van der Waals surface area contributed by atoms with Crippen molar-refractivity contribution in [1.82, 2.24) is 4.90 Å². The van der Waals surface area contributed by atoms with Crippen LogP contribution in [0.15, 0.2) is 57.9 Å². The summed E-state index contributed by atoms with van der Waals surface area (Å²) in [5.41, 5.74) is 2.98. The molecule has 5 nitrogen and oxygen atoms in total. The highest BCUT2D eigenvalue weighted by atomic mass is 16.5. The molecule has 2 aromatic carbocycles. The van der Waals surface area contributed by atoms with Crippen molar-refractivity contribution in [1.29, 1.82) is 0 Å². The minimum Gasteiger partial charge on any atom is -0.478 e. The van der Waals surface area contributed by atoms with Gasteiger partial charge in [-0.15, -0.1) is 0 Å². The van der Waals surface area contributed by atoms with Crippen LogP contribution in [0.5, 0.6) is 5.75 Å². The predicted molar refractivity (Wildman–Crippen MR) is 105 cm³/mol. The Morgan fingerprint density at radius 3 is 2.81 bits per heavy atom. The van der Waals surface area contributed by atoms with Gasteiger partial charge in [0, 0.05) is 26.3 Å². The second-order valence-corrected chi connectivity index (χ2v) is 6.64. The molecule has 0 saturated heterocycles. The number of nitrogens with zero attached hydrogens (tertiary/aromatic N) is 1. The standard InChI is InChI=1S/C22H23NO4/c1-2-25-12-6-11-23-13-18-20(27-15-23)10-9-17-21(24)19(14-26-22(17)18)16-7-4-3-5-8-16/h3-5,7-10,14H,2,6,11-13,15H2,1H3. The summed E-state index contributed by atoms with van der Waals surface area (Å²) in [5, 5.41) is 0.592. The molecule has 2 heterocycles. The fourth-order valence-corrected chi connectivity index (χ4v) is 3.45. The van der Waals surface area contributed by atoms with Crippen molar-refractivity contribution in [2.45, 2.75) is 19.9 Å². The van der Waals surface area contributed by atoms with Crippen LogP contribution in [0.2, 0.25) is 0 Å². The predicted octanol–water partition coefficient (Wildman–Crippen LogP) is 4.04. The lowest BCUT2D eigenvalue weighted by atomic mass is 10.0. The largest absolute Gasteiger partial charge is 0.478 e. The molecule has 5 heteroatoms. The average Bonchev–Trinajstić information content (AvgIpc) is 2.72. The number of rotatable bonds is 6. The lowest BCUT2D eigenvalue weighted by Crippen LogP contribution is -2.33. The average molecular weight is 365 g/mol. The highest BCUT2D eigenvalue weighted by molar-refractivity contribution is 5.85. The van der Waals surface area contributed by atoms with Gasteiger partial charge >= 0.3 is 0 Å². The molecule has 0 amide bonds. The second-order valence-electron chi connectivity index (χ2n) is 6.64. The van der Waals surface area contributed by atoms with E-state index in [-0.39, 0.29) is 5.43 Å². The molecule has 1 aromatic heterocycles. The quantitative estimate of drug-likeness (QED) is 0.617. The monoisotopic (exact) mass is 365 g/mol. The third-order valence-corrected chi connectivity index (χ3v) is 4.84. The molecule has 1 aliphatic rings. The lowest BCUT2D eigenvalue weighted by Gasteiger charge is -2.29. The SMILES string of the molecule is CCOCCCN1COc2ccc3c(=O)c(-c4ccccc4)coc3c2C1. The van der Waals surface area contributed by atoms with Crippen molar-refractivity contribution < 1.29 is 13.9 Å². The first kappa shape index (κ1) is 17.8. The Kier molecular flexibility index (Phi) is 5.23. The van der Waals surface area contributed by atoms with Gasteiger partial charge in [-0.3, -0.25) is 9.69 Å². The van der Waals surface area contributed by atoms with Crippen LogP contribution in [0.1, 0.15) is 18.9 Å². The van der Waals surface area contributed by atoms with Crippen LogP contribution in [0.25, 0.3) is 22.1 Å². The van der Waals surface area contributed by atoms with Gasteiger partial charge in [0.25, 0.3) is 0 Å². The summed E-state index contributed by atoms with van der Waals surface area (Å²) in [5.74, 6) is 0.791. The number of hydrogen-bond donors (Lipinski definition) is 0. The van der Waals surface area contributed by atoms with Crippen LogP contribution in [-0.4, -0.2) is 31.4 Å². The molecule has 0 fully saturated rings. The molecular formula is C22H23NO4. The molecule has 3 aromatic rings. The van der Waals surface area contributed by atoms with E-state index in [9.17, 15) is 4.79 Å². The maximum atomic E-state index is 13.0. The van der Waals surface area contributed by atoms with E-state index in [4.69, 9.17) is 13.9 Å². The first-order chi connectivity index (χ1) is 13.3. The van der Waals surface area contributed by atoms with Crippen molar-refractivity contribution in [3.63, 3.8) is 0 Å². The Balaban J connectivity index is 1.65. The van der Waals surface area contributed by atoms with Crippen LogP contribution in [0.4, 0.5) is 0 Å². The number of hydrogen-bond acceptors (Lipinski definition) is 5. The number of ether oxygens (including phenoxy) is 2. The highest BCUT2D eigenvalue weighted by Gasteiger charge is 2.22. The Labute approximate surface area is 158 Å². The van der Waals surface area contributed by atoms with E-state index in [0.29, 0.717) is 29.8 Å². The first-order valence-corrected chi connectivity index (χ1v) is 9.33. The van der Waals surface area contributed by atoms with E-state index >= 15 is 0 Å². The Hall–Kier alpha value is -2.63. The molecule has 0 radical (unpaired) electrons. The van der Waals surface area contributed by atoms with Crippen LogP contribution >= 0.6 is 0 Å². The maximum absolute atomic E-state index is 13.0. The second kappa shape index (κ2) is 7.94. The summed E-state index contributed by atoms with van der Waals surface area (Å²) in [6.07, 6.45) is 2.51. The van der Waals surface area contributed by atoms with Gasteiger partial charge in [0.1, 0.15) is 24.3 Å². The Morgan fingerprint density at radius 2 is 2.00 bits per heavy atom. The third-order valence-electron chi connectivity index (χ3n) is 4.84. The van der Waals surface area contributed by atoms with Crippen LogP contribution in [0, 0.1) is 0 Å². The van der Waals surface area contributed by atoms with E-state index < -0.39 is 0 Å². The number of fused-ring (bicyclic) bond motifs is 3. The zero-order valence-corrected chi connectivity index (χ0v) is 15.4. The van der Waals surface area contributed by atoms with Crippen molar-refractivity contribution in [3.05, 3.63) is 64.5 Å². The summed E-state index contributed by atoms with van der Waals surface area (Å²) in [6.45, 7) is 5.59. The summed E-state index contributed by atoms with van der Waals surface area (Å²) in [6, 6.07) is 13.3. The first-order valence-electron chi connectivity index (χ1n) is 9.33. The van der Waals surface area contributed by atoms with Gasteiger partial charge in [-0.2, -0.15) is 0 Å². The van der Waals surface area contributed by atoms with Gasteiger partial charge in [-0.05, 0) is 31.0 Å². The van der Waals surface area contributed by atoms with E-state index in [2.05, 4.69) is 4.90 Å². The third kappa shape index (κ3) is 3.61. The summed E-state index contributed by atoms with van der Waals surface area (Å²) < 4.78 is 17.2. The molecule has 4 rings (SSSR count). The van der Waals surface area contributed by atoms with Crippen molar-refractivity contribution >= 4 is 11.0 Å². The van der Waals surface area contributed by atoms with Crippen molar-refractivity contribution in [3.8, 4) is 16.9 Å². The number of benzene rings is 2. The van der Waals surface area contributed by atoms with Crippen molar-refractivity contribution in [2.75, 3.05) is 26.5 Å². The minimum absolute atomic E-state index is 0.0151. The summed E-state index contributed by atoms with van der Waals surface area (Å²) >= 11 is 0. The lowest BCUT2D eigenvalue weighted by molar-refractivity contribution is 0.0772. The molecule has 0 N–H and O–H groups in total. The van der Waals surface area contributed by atoms with Crippen molar-refractivity contribution in [2.24, 2.45) is 0 Å². The topological polar surface area (TPSA) is 51.9 Å². The van der Waals surface area contributed by atoms with E-state index in [1.807, 2.05) is 43.3 Å². The molecule has 1 aliphatic heterocycles. The van der Waals surface area contributed by atoms with Gasteiger partial charge in [0.15, 0.2) is 0 Å². The molecule has 27 heavy (non-hydrogen) atoms. The fourth-order valence-electron chi connectivity index (χ4n) is 3.45.